The minimum atomic E-state index is -0.925. The van der Waals surface area contributed by atoms with Crippen LogP contribution in [0.1, 0.15) is 22.3 Å². The van der Waals surface area contributed by atoms with E-state index in [2.05, 4.69) is 5.32 Å². The summed E-state index contributed by atoms with van der Waals surface area (Å²) in [5.74, 6) is -0.190. The molecule has 104 valence electrons. The molecule has 1 heterocycles. The molecule has 0 spiro atoms. The van der Waals surface area contributed by atoms with Crippen molar-refractivity contribution in [3.8, 4) is 0 Å². The first-order chi connectivity index (χ1) is 9.13. The number of hydrogen-bond donors (Lipinski definition) is 2. The van der Waals surface area contributed by atoms with Gasteiger partial charge in [-0.25, -0.2) is 0 Å². The van der Waals surface area contributed by atoms with Gasteiger partial charge in [-0.2, -0.15) is 0 Å². The lowest BCUT2D eigenvalue weighted by Gasteiger charge is -2.20. The predicted molar refractivity (Wildman–Crippen MR) is 69.9 cm³/mol. The number of aliphatic hydroxyl groups is 1. The van der Waals surface area contributed by atoms with E-state index < -0.39 is 5.60 Å². The third-order valence-corrected chi connectivity index (χ3v) is 3.19. The highest BCUT2D eigenvalue weighted by Crippen LogP contribution is 2.17. The number of carbonyl (C=O) groups excluding carboxylic acids is 1. The maximum atomic E-state index is 11.9. The monoisotopic (exact) mass is 265 g/mol. The molecule has 1 unspecified atom stereocenters. The smallest absolute Gasteiger partial charge is 0.251 e. The van der Waals surface area contributed by atoms with Crippen LogP contribution in [0.3, 0.4) is 0 Å². The molecule has 1 aliphatic rings. The van der Waals surface area contributed by atoms with Crippen LogP contribution in [0.2, 0.25) is 0 Å². The summed E-state index contributed by atoms with van der Waals surface area (Å²) in [4.78, 5) is 11.9. The number of ether oxygens (including phenoxy) is 2. The Hall–Kier alpha value is -1.43. The Labute approximate surface area is 112 Å². The fourth-order valence-corrected chi connectivity index (χ4v) is 2.00. The lowest BCUT2D eigenvalue weighted by atomic mass is 10.0. The second-order valence-electron chi connectivity index (χ2n) is 4.84. The zero-order chi connectivity index (χ0) is 13.7. The highest BCUT2D eigenvalue weighted by molar-refractivity contribution is 5.94. The zero-order valence-corrected chi connectivity index (χ0v) is 11.0. The number of rotatable bonds is 5. The Morgan fingerprint density at radius 1 is 1.47 bits per heavy atom. The molecule has 1 saturated heterocycles. The lowest BCUT2D eigenvalue weighted by Crippen LogP contribution is -2.43. The Kier molecular flexibility index (Phi) is 4.52. The summed E-state index contributed by atoms with van der Waals surface area (Å²) in [5, 5.41) is 12.8. The second kappa shape index (κ2) is 6.14. The van der Waals surface area contributed by atoms with E-state index >= 15 is 0 Å². The van der Waals surface area contributed by atoms with Crippen LogP contribution in [0, 0.1) is 0 Å². The Balaban J connectivity index is 1.88. The van der Waals surface area contributed by atoms with E-state index in [1.807, 2.05) is 12.1 Å². The van der Waals surface area contributed by atoms with E-state index in [0.717, 1.165) is 5.56 Å². The van der Waals surface area contributed by atoms with Crippen LogP contribution in [0.15, 0.2) is 24.3 Å². The molecule has 0 bridgehead atoms. The quantitative estimate of drug-likeness (QED) is 0.823. The molecule has 1 aliphatic heterocycles. The first-order valence-electron chi connectivity index (χ1n) is 6.29. The maximum Gasteiger partial charge on any atom is 0.251 e. The molecule has 5 heteroatoms. The minimum Gasteiger partial charge on any atom is -0.386 e. The van der Waals surface area contributed by atoms with E-state index in [9.17, 15) is 9.90 Å². The first-order valence-corrected chi connectivity index (χ1v) is 6.29. The first kappa shape index (κ1) is 14.0. The largest absolute Gasteiger partial charge is 0.386 e. The van der Waals surface area contributed by atoms with Gasteiger partial charge in [0.2, 0.25) is 0 Å². The average Bonchev–Trinajstić information content (AvgIpc) is 2.85. The number of benzene rings is 1. The summed E-state index contributed by atoms with van der Waals surface area (Å²) in [5.41, 5.74) is 0.662. The van der Waals surface area contributed by atoms with Crippen LogP contribution in [0.4, 0.5) is 0 Å². The van der Waals surface area contributed by atoms with Gasteiger partial charge in [-0.05, 0) is 17.7 Å². The van der Waals surface area contributed by atoms with Crippen molar-refractivity contribution in [2.24, 2.45) is 0 Å². The number of carbonyl (C=O) groups is 1. The van der Waals surface area contributed by atoms with Gasteiger partial charge in [-0.15, -0.1) is 0 Å². The molecule has 1 aromatic carbocycles. The minimum absolute atomic E-state index is 0.190. The Morgan fingerprint density at radius 2 is 2.21 bits per heavy atom. The van der Waals surface area contributed by atoms with Crippen LogP contribution in [0.25, 0.3) is 0 Å². The van der Waals surface area contributed by atoms with Crippen LogP contribution in [-0.4, -0.2) is 43.5 Å². The summed E-state index contributed by atoms with van der Waals surface area (Å²) in [6, 6.07) is 7.20. The summed E-state index contributed by atoms with van der Waals surface area (Å²) >= 11 is 0. The number of methoxy groups -OCH3 is 1. The Bertz CT molecular complexity index is 424. The van der Waals surface area contributed by atoms with Crippen LogP contribution < -0.4 is 5.32 Å². The predicted octanol–water partition coefficient (Wildman–Crippen LogP) is 0.714. The molecule has 2 N–H and O–H groups in total. The normalized spacial score (nSPS) is 22.4. The fraction of sp³-hybridized carbons (Fsp3) is 0.500. The van der Waals surface area contributed by atoms with Crippen molar-refractivity contribution < 1.29 is 19.4 Å². The van der Waals surface area contributed by atoms with E-state index in [4.69, 9.17) is 9.47 Å². The van der Waals surface area contributed by atoms with Gasteiger partial charge in [0.1, 0.15) is 5.60 Å². The van der Waals surface area contributed by atoms with Gasteiger partial charge >= 0.3 is 0 Å². The standard InChI is InChI=1S/C14H19NO4/c1-18-8-11-2-4-12(5-3-11)13(16)15-9-14(17)6-7-19-10-14/h2-5,17H,6-10H2,1H3,(H,15,16). The van der Waals surface area contributed by atoms with E-state index in [-0.39, 0.29) is 19.1 Å². The van der Waals surface area contributed by atoms with Crippen molar-refractivity contribution in [1.82, 2.24) is 5.32 Å². The lowest BCUT2D eigenvalue weighted by molar-refractivity contribution is 0.0264. The van der Waals surface area contributed by atoms with Gasteiger partial charge in [0.05, 0.1) is 13.2 Å². The fourth-order valence-electron chi connectivity index (χ4n) is 2.00. The summed E-state index contributed by atoms with van der Waals surface area (Å²) < 4.78 is 10.1. The molecular weight excluding hydrogens is 246 g/mol. The summed E-state index contributed by atoms with van der Waals surface area (Å²) in [7, 11) is 1.63. The molecule has 2 rings (SSSR count). The van der Waals surface area contributed by atoms with Crippen molar-refractivity contribution in [2.75, 3.05) is 26.9 Å². The van der Waals surface area contributed by atoms with Gasteiger partial charge in [0, 0.05) is 32.2 Å². The molecule has 0 radical (unpaired) electrons. The number of amides is 1. The molecule has 5 nitrogen and oxygen atoms in total. The molecule has 0 aromatic heterocycles. The third kappa shape index (κ3) is 3.76. The SMILES string of the molecule is COCc1ccc(C(=O)NCC2(O)CCOC2)cc1. The molecule has 1 amide bonds. The molecule has 19 heavy (non-hydrogen) atoms. The molecule has 0 aliphatic carbocycles. The number of nitrogens with one attached hydrogen (secondary N) is 1. The van der Waals surface area contributed by atoms with Gasteiger partial charge in [0.15, 0.2) is 0 Å². The van der Waals surface area contributed by atoms with Crippen LogP contribution in [0.5, 0.6) is 0 Å². The van der Waals surface area contributed by atoms with Gasteiger partial charge in [-0.1, -0.05) is 12.1 Å². The molecular formula is C14H19NO4. The Morgan fingerprint density at radius 3 is 2.79 bits per heavy atom. The second-order valence-corrected chi connectivity index (χ2v) is 4.84. The van der Waals surface area contributed by atoms with Crippen molar-refractivity contribution in [3.05, 3.63) is 35.4 Å². The zero-order valence-electron chi connectivity index (χ0n) is 11.0. The van der Waals surface area contributed by atoms with E-state index in [1.165, 1.54) is 0 Å². The maximum absolute atomic E-state index is 11.9. The van der Waals surface area contributed by atoms with Crippen molar-refractivity contribution in [3.63, 3.8) is 0 Å². The third-order valence-electron chi connectivity index (χ3n) is 3.19. The van der Waals surface area contributed by atoms with Crippen LogP contribution >= 0.6 is 0 Å². The van der Waals surface area contributed by atoms with Gasteiger partial charge in [-0.3, -0.25) is 4.79 Å². The van der Waals surface area contributed by atoms with Crippen LogP contribution in [-0.2, 0) is 16.1 Å². The molecule has 1 fully saturated rings. The van der Waals surface area contributed by atoms with E-state index in [1.54, 1.807) is 19.2 Å². The van der Waals surface area contributed by atoms with E-state index in [0.29, 0.717) is 25.2 Å². The molecule has 0 saturated carbocycles. The van der Waals surface area contributed by atoms with Crippen molar-refractivity contribution >= 4 is 5.91 Å². The van der Waals surface area contributed by atoms with Gasteiger partial charge < -0.3 is 19.9 Å². The molecule has 1 aromatic rings. The average molecular weight is 265 g/mol. The van der Waals surface area contributed by atoms with Gasteiger partial charge in [0.25, 0.3) is 5.91 Å². The highest BCUT2D eigenvalue weighted by Gasteiger charge is 2.32. The number of hydrogen-bond acceptors (Lipinski definition) is 4. The van der Waals surface area contributed by atoms with Crippen molar-refractivity contribution in [2.45, 2.75) is 18.6 Å². The molecule has 1 atom stereocenters. The topological polar surface area (TPSA) is 67.8 Å². The summed E-state index contributed by atoms with van der Waals surface area (Å²) in [6.07, 6.45) is 0.556. The summed E-state index contributed by atoms with van der Waals surface area (Å²) in [6.45, 7) is 1.56. The highest BCUT2D eigenvalue weighted by atomic mass is 16.5. The van der Waals surface area contributed by atoms with Crippen molar-refractivity contribution in [1.29, 1.82) is 0 Å².